The van der Waals surface area contributed by atoms with Crippen molar-refractivity contribution in [3.05, 3.63) is 35.7 Å². The number of benzene rings is 1. The maximum atomic E-state index is 12.4. The zero-order chi connectivity index (χ0) is 16.7. The number of hydrogen-bond donors (Lipinski definition) is 0. The SMILES string of the molecule is CC(=O)OC1=C(OS(C)(=O)=O)c2ccccc2S(=O)(=O)N1C. The van der Waals surface area contributed by atoms with Gasteiger partial charge in [0.25, 0.3) is 15.9 Å². The first-order valence-corrected chi connectivity index (χ1v) is 9.20. The predicted molar refractivity (Wildman–Crippen MR) is 76.0 cm³/mol. The van der Waals surface area contributed by atoms with Gasteiger partial charge in [0.15, 0.2) is 0 Å². The fourth-order valence-corrected chi connectivity index (χ4v) is 3.66. The summed E-state index contributed by atoms with van der Waals surface area (Å²) in [6.07, 6.45) is 0.803. The van der Waals surface area contributed by atoms with E-state index in [0.717, 1.165) is 20.2 Å². The number of nitrogens with zero attached hydrogens (tertiary/aromatic N) is 1. The van der Waals surface area contributed by atoms with Crippen LogP contribution in [0.25, 0.3) is 5.76 Å². The minimum atomic E-state index is -3.98. The first kappa shape index (κ1) is 16.3. The summed E-state index contributed by atoms with van der Waals surface area (Å²) in [5, 5.41) is 0. The zero-order valence-corrected chi connectivity index (χ0v) is 13.6. The van der Waals surface area contributed by atoms with Gasteiger partial charge in [-0.2, -0.15) is 8.42 Å². The minimum absolute atomic E-state index is 0.00211. The molecule has 0 spiro atoms. The third kappa shape index (κ3) is 2.92. The van der Waals surface area contributed by atoms with Crippen LogP contribution in [-0.2, 0) is 33.9 Å². The molecule has 0 aliphatic carbocycles. The Kier molecular flexibility index (Phi) is 3.92. The van der Waals surface area contributed by atoms with Crippen molar-refractivity contribution in [3.63, 3.8) is 0 Å². The van der Waals surface area contributed by atoms with Crippen LogP contribution in [0.2, 0.25) is 0 Å². The molecular formula is C12H13NO7S2. The highest BCUT2D eigenvalue weighted by molar-refractivity contribution is 7.89. The molecule has 0 unspecified atom stereocenters. The van der Waals surface area contributed by atoms with Crippen LogP contribution in [0.3, 0.4) is 0 Å². The molecule has 0 saturated carbocycles. The summed E-state index contributed by atoms with van der Waals surface area (Å²) in [4.78, 5) is 11.1. The summed E-state index contributed by atoms with van der Waals surface area (Å²) in [5.74, 6) is -1.67. The van der Waals surface area contributed by atoms with Crippen molar-refractivity contribution in [2.75, 3.05) is 13.3 Å². The van der Waals surface area contributed by atoms with Crippen molar-refractivity contribution in [1.82, 2.24) is 4.31 Å². The summed E-state index contributed by atoms with van der Waals surface area (Å²) < 4.78 is 58.1. The standard InChI is InChI=1S/C12H13NO7S2/c1-8(14)19-12-11(20-21(3,15)16)9-6-4-5-7-10(9)22(17,18)13(12)2/h4-7H,1-3H3. The molecule has 1 aliphatic heterocycles. The summed E-state index contributed by atoms with van der Waals surface area (Å²) in [7, 11) is -6.81. The maximum Gasteiger partial charge on any atom is 0.309 e. The van der Waals surface area contributed by atoms with Crippen LogP contribution in [-0.4, -0.2) is 40.4 Å². The van der Waals surface area contributed by atoms with Gasteiger partial charge in [-0.15, -0.1) is 0 Å². The molecular weight excluding hydrogens is 334 g/mol. The Morgan fingerprint density at radius 3 is 2.36 bits per heavy atom. The van der Waals surface area contributed by atoms with Crippen LogP contribution in [0.4, 0.5) is 0 Å². The second-order valence-corrected chi connectivity index (χ2v) is 8.00. The average Bonchev–Trinajstić information content (AvgIpc) is 2.39. The molecule has 0 saturated heterocycles. The first-order valence-electron chi connectivity index (χ1n) is 5.94. The average molecular weight is 347 g/mol. The van der Waals surface area contributed by atoms with Gasteiger partial charge in [-0.3, -0.25) is 4.79 Å². The lowest BCUT2D eigenvalue weighted by molar-refractivity contribution is -0.138. The van der Waals surface area contributed by atoms with E-state index in [1.165, 1.54) is 24.3 Å². The number of hydrogen-bond acceptors (Lipinski definition) is 7. The molecule has 22 heavy (non-hydrogen) atoms. The highest BCUT2D eigenvalue weighted by atomic mass is 32.2. The highest BCUT2D eigenvalue weighted by Gasteiger charge is 2.38. The molecule has 1 aromatic rings. The fraction of sp³-hybridized carbons (Fsp3) is 0.250. The van der Waals surface area contributed by atoms with Gasteiger partial charge in [0.2, 0.25) is 5.76 Å². The van der Waals surface area contributed by atoms with E-state index in [2.05, 4.69) is 0 Å². The molecule has 10 heteroatoms. The molecule has 0 fully saturated rings. The maximum absolute atomic E-state index is 12.4. The van der Waals surface area contributed by atoms with E-state index in [1.807, 2.05) is 0 Å². The lowest BCUT2D eigenvalue weighted by atomic mass is 10.2. The van der Waals surface area contributed by atoms with Crippen molar-refractivity contribution in [1.29, 1.82) is 0 Å². The largest absolute Gasteiger partial charge is 0.405 e. The Morgan fingerprint density at radius 2 is 1.82 bits per heavy atom. The Balaban J connectivity index is 2.81. The topological polar surface area (TPSA) is 107 Å². The summed E-state index contributed by atoms with van der Waals surface area (Å²) >= 11 is 0. The molecule has 1 aliphatic rings. The molecule has 0 atom stereocenters. The Bertz CT molecular complexity index is 868. The second kappa shape index (κ2) is 5.29. The first-order chi connectivity index (χ1) is 10.0. The van der Waals surface area contributed by atoms with Gasteiger partial charge < -0.3 is 8.92 Å². The smallest absolute Gasteiger partial charge is 0.309 e. The number of ether oxygens (including phenoxy) is 1. The molecule has 8 nitrogen and oxygen atoms in total. The van der Waals surface area contributed by atoms with E-state index < -0.39 is 32.0 Å². The number of esters is 1. The van der Waals surface area contributed by atoms with Crippen molar-refractivity contribution in [2.45, 2.75) is 11.8 Å². The van der Waals surface area contributed by atoms with Gasteiger partial charge in [0.1, 0.15) is 0 Å². The molecule has 0 bridgehead atoms. The van der Waals surface area contributed by atoms with Crippen molar-refractivity contribution in [2.24, 2.45) is 0 Å². The third-order valence-electron chi connectivity index (χ3n) is 2.73. The zero-order valence-electron chi connectivity index (χ0n) is 11.9. The Morgan fingerprint density at radius 1 is 1.23 bits per heavy atom. The molecule has 0 aromatic heterocycles. The van der Waals surface area contributed by atoms with Crippen molar-refractivity contribution >= 4 is 31.9 Å². The third-order valence-corrected chi connectivity index (χ3v) is 4.99. The lowest BCUT2D eigenvalue weighted by Gasteiger charge is -2.29. The number of rotatable bonds is 3. The molecule has 0 N–H and O–H groups in total. The van der Waals surface area contributed by atoms with E-state index in [-0.39, 0.29) is 16.2 Å². The summed E-state index contributed by atoms with van der Waals surface area (Å²) in [6.45, 7) is 1.06. The number of sulfonamides is 1. The molecule has 120 valence electrons. The van der Waals surface area contributed by atoms with Crippen molar-refractivity contribution < 1.29 is 30.6 Å². The normalized spacial score (nSPS) is 17.0. The van der Waals surface area contributed by atoms with E-state index in [9.17, 15) is 21.6 Å². The van der Waals surface area contributed by atoms with Gasteiger partial charge in [0.05, 0.1) is 11.2 Å². The van der Waals surface area contributed by atoms with Crippen LogP contribution in [0.15, 0.2) is 35.0 Å². The summed E-state index contributed by atoms with van der Waals surface area (Å²) in [5.41, 5.74) is 0.00211. The quantitative estimate of drug-likeness (QED) is 0.578. The number of fused-ring (bicyclic) bond motifs is 1. The molecule has 0 amide bonds. The van der Waals surface area contributed by atoms with Gasteiger partial charge in [0, 0.05) is 19.5 Å². The molecule has 1 heterocycles. The molecule has 0 radical (unpaired) electrons. The van der Waals surface area contributed by atoms with Gasteiger partial charge in [-0.25, -0.2) is 12.7 Å². The Hall–Kier alpha value is -2.07. The van der Waals surface area contributed by atoms with E-state index >= 15 is 0 Å². The van der Waals surface area contributed by atoms with Crippen LogP contribution >= 0.6 is 0 Å². The highest BCUT2D eigenvalue weighted by Crippen LogP contribution is 2.37. The lowest BCUT2D eigenvalue weighted by Crippen LogP contribution is -2.34. The van der Waals surface area contributed by atoms with Crippen LogP contribution in [0.5, 0.6) is 0 Å². The van der Waals surface area contributed by atoms with Gasteiger partial charge in [-0.1, -0.05) is 12.1 Å². The second-order valence-electron chi connectivity index (χ2n) is 4.48. The van der Waals surface area contributed by atoms with E-state index in [0.29, 0.717) is 4.31 Å². The monoisotopic (exact) mass is 347 g/mol. The fourth-order valence-electron chi connectivity index (χ4n) is 1.87. The summed E-state index contributed by atoms with van der Waals surface area (Å²) in [6, 6.07) is 5.66. The molecule has 2 rings (SSSR count). The van der Waals surface area contributed by atoms with Crippen LogP contribution in [0.1, 0.15) is 12.5 Å². The minimum Gasteiger partial charge on any atom is -0.405 e. The molecule has 1 aromatic carbocycles. The van der Waals surface area contributed by atoms with Gasteiger partial charge in [-0.05, 0) is 12.1 Å². The number of carbonyl (C=O) groups is 1. The van der Waals surface area contributed by atoms with E-state index in [4.69, 9.17) is 8.92 Å². The van der Waals surface area contributed by atoms with Crippen LogP contribution in [0, 0.1) is 0 Å². The Labute approximate surface area is 128 Å². The van der Waals surface area contributed by atoms with Gasteiger partial charge >= 0.3 is 16.1 Å². The van der Waals surface area contributed by atoms with E-state index in [1.54, 1.807) is 0 Å². The predicted octanol–water partition coefficient (Wildman–Crippen LogP) is 0.486. The van der Waals surface area contributed by atoms with Crippen LogP contribution < -0.4 is 0 Å². The number of carbonyl (C=O) groups excluding carboxylic acids is 1. The van der Waals surface area contributed by atoms with Crippen molar-refractivity contribution in [3.8, 4) is 0 Å².